The fourth-order valence-corrected chi connectivity index (χ4v) is 1.84. The lowest BCUT2D eigenvalue weighted by atomic mass is 10.1. The Bertz CT molecular complexity index is 298. The fraction of sp³-hybridized carbons (Fsp3) is 0.778. The summed E-state index contributed by atoms with van der Waals surface area (Å²) in [5, 5.41) is 11.2. The predicted octanol–water partition coefficient (Wildman–Crippen LogP) is 1.85. The summed E-state index contributed by atoms with van der Waals surface area (Å²) in [6.07, 6.45) is 0.468. The molecule has 1 rings (SSSR count). The highest BCUT2D eigenvalue weighted by Crippen LogP contribution is 2.63. The van der Waals surface area contributed by atoms with E-state index in [1.807, 2.05) is 6.07 Å². The quantitative estimate of drug-likeness (QED) is 0.759. The highest BCUT2D eigenvalue weighted by atomic mass is 35.5. The molecule has 0 radical (unpaired) electrons. The number of nitriles is 1. The Balaban J connectivity index is 2.43. The van der Waals surface area contributed by atoms with E-state index in [4.69, 9.17) is 28.5 Å². The van der Waals surface area contributed by atoms with Crippen molar-refractivity contribution < 1.29 is 4.79 Å². The number of halogens is 2. The zero-order valence-corrected chi connectivity index (χ0v) is 9.61. The van der Waals surface area contributed by atoms with Crippen molar-refractivity contribution in [3.05, 3.63) is 0 Å². The molecular formula is C9H12Cl2N2O. The third-order valence-electron chi connectivity index (χ3n) is 2.55. The summed E-state index contributed by atoms with van der Waals surface area (Å²) in [5.74, 6) is -0.369. The molecule has 0 aromatic heterocycles. The molecule has 0 aliphatic heterocycles. The van der Waals surface area contributed by atoms with Crippen LogP contribution in [0.1, 0.15) is 20.3 Å². The maximum Gasteiger partial charge on any atom is 0.229 e. The molecule has 1 amide bonds. The molecule has 0 saturated heterocycles. The van der Waals surface area contributed by atoms with E-state index in [9.17, 15) is 4.79 Å². The van der Waals surface area contributed by atoms with Gasteiger partial charge in [0.05, 0.1) is 17.4 Å². The number of nitrogens with zero attached hydrogens (tertiary/aromatic N) is 1. The van der Waals surface area contributed by atoms with Gasteiger partial charge in [0, 0.05) is 6.54 Å². The number of hydrogen-bond acceptors (Lipinski definition) is 2. The number of amides is 1. The molecule has 0 aromatic rings. The zero-order valence-electron chi connectivity index (χ0n) is 8.10. The van der Waals surface area contributed by atoms with Crippen molar-refractivity contribution in [2.45, 2.75) is 24.6 Å². The van der Waals surface area contributed by atoms with E-state index in [2.05, 4.69) is 5.32 Å². The first kappa shape index (κ1) is 11.6. The van der Waals surface area contributed by atoms with Crippen LogP contribution in [0.4, 0.5) is 0 Å². The van der Waals surface area contributed by atoms with Gasteiger partial charge in [0.25, 0.3) is 0 Å². The molecule has 5 heteroatoms. The highest BCUT2D eigenvalue weighted by molar-refractivity contribution is 6.53. The van der Waals surface area contributed by atoms with E-state index in [0.29, 0.717) is 13.0 Å². The summed E-state index contributed by atoms with van der Waals surface area (Å²) in [5.41, 5.74) is -0.689. The maximum absolute atomic E-state index is 11.6. The van der Waals surface area contributed by atoms with Crippen LogP contribution in [0.2, 0.25) is 0 Å². The Morgan fingerprint density at radius 2 is 2.21 bits per heavy atom. The van der Waals surface area contributed by atoms with Gasteiger partial charge >= 0.3 is 0 Å². The predicted molar refractivity (Wildman–Crippen MR) is 54.9 cm³/mol. The topological polar surface area (TPSA) is 52.9 Å². The van der Waals surface area contributed by atoms with Gasteiger partial charge in [-0.15, -0.1) is 23.2 Å². The minimum absolute atomic E-state index is 0.176. The molecule has 78 valence electrons. The van der Waals surface area contributed by atoms with Crippen LogP contribution in [-0.4, -0.2) is 16.8 Å². The summed E-state index contributed by atoms with van der Waals surface area (Å²) < 4.78 is -0.938. The molecule has 0 unspecified atom stereocenters. The average Bonchev–Trinajstić information content (AvgIpc) is 2.62. The first-order chi connectivity index (χ1) is 6.33. The van der Waals surface area contributed by atoms with Crippen LogP contribution in [0.3, 0.4) is 0 Å². The van der Waals surface area contributed by atoms with Crippen LogP contribution in [-0.2, 0) is 4.79 Å². The SMILES string of the molecule is C[C@H](C#N)CNC(=O)[C@@]1(C)CC1(Cl)Cl. The van der Waals surface area contributed by atoms with Crippen molar-refractivity contribution in [1.29, 1.82) is 5.26 Å². The van der Waals surface area contributed by atoms with Gasteiger partial charge in [0.1, 0.15) is 4.33 Å². The summed E-state index contributed by atoms with van der Waals surface area (Å²) >= 11 is 11.7. The molecule has 1 fully saturated rings. The fourth-order valence-electron chi connectivity index (χ4n) is 1.13. The third kappa shape index (κ3) is 1.97. The van der Waals surface area contributed by atoms with Gasteiger partial charge in [-0.25, -0.2) is 0 Å². The summed E-state index contributed by atoms with van der Waals surface area (Å²) in [6, 6.07) is 2.03. The van der Waals surface area contributed by atoms with Crippen molar-refractivity contribution in [2.75, 3.05) is 6.54 Å². The molecule has 2 atom stereocenters. The molecule has 1 saturated carbocycles. The van der Waals surface area contributed by atoms with E-state index in [1.54, 1.807) is 13.8 Å². The molecule has 1 N–H and O–H groups in total. The van der Waals surface area contributed by atoms with Gasteiger partial charge in [0.15, 0.2) is 0 Å². The van der Waals surface area contributed by atoms with Gasteiger partial charge in [0.2, 0.25) is 5.91 Å². The Morgan fingerprint density at radius 1 is 1.71 bits per heavy atom. The number of carbonyl (C=O) groups excluding carboxylic acids is 1. The van der Waals surface area contributed by atoms with Gasteiger partial charge in [-0.05, 0) is 20.3 Å². The van der Waals surface area contributed by atoms with Crippen molar-refractivity contribution in [3.8, 4) is 6.07 Å². The van der Waals surface area contributed by atoms with E-state index in [0.717, 1.165) is 0 Å². The van der Waals surface area contributed by atoms with Gasteiger partial charge in [-0.3, -0.25) is 4.79 Å². The number of carbonyl (C=O) groups is 1. The number of alkyl halides is 2. The minimum atomic E-state index is -0.938. The monoisotopic (exact) mass is 234 g/mol. The van der Waals surface area contributed by atoms with Crippen molar-refractivity contribution in [3.63, 3.8) is 0 Å². The van der Waals surface area contributed by atoms with E-state index in [-0.39, 0.29) is 11.8 Å². The molecule has 1 aliphatic rings. The van der Waals surface area contributed by atoms with Crippen molar-refractivity contribution in [2.24, 2.45) is 11.3 Å². The van der Waals surface area contributed by atoms with Crippen molar-refractivity contribution >= 4 is 29.1 Å². The Kier molecular flexibility index (Phi) is 2.99. The normalized spacial score (nSPS) is 30.2. The largest absolute Gasteiger partial charge is 0.354 e. The second kappa shape index (κ2) is 3.60. The lowest BCUT2D eigenvalue weighted by molar-refractivity contribution is -0.125. The van der Waals surface area contributed by atoms with Crippen LogP contribution in [0, 0.1) is 22.7 Å². The van der Waals surface area contributed by atoms with Gasteiger partial charge in [-0.1, -0.05) is 0 Å². The molecule has 1 aliphatic carbocycles. The third-order valence-corrected chi connectivity index (χ3v) is 3.65. The molecule has 0 bridgehead atoms. The zero-order chi connectivity index (χ0) is 11.0. The Morgan fingerprint density at radius 3 is 2.57 bits per heavy atom. The number of nitrogens with one attached hydrogen (secondary N) is 1. The van der Waals surface area contributed by atoms with Crippen LogP contribution in [0.5, 0.6) is 0 Å². The molecular weight excluding hydrogens is 223 g/mol. The summed E-state index contributed by atoms with van der Waals surface area (Å²) in [4.78, 5) is 11.6. The van der Waals surface area contributed by atoms with E-state index >= 15 is 0 Å². The lowest BCUT2D eigenvalue weighted by Crippen LogP contribution is -2.35. The second-order valence-electron chi connectivity index (χ2n) is 3.95. The van der Waals surface area contributed by atoms with Crippen LogP contribution >= 0.6 is 23.2 Å². The number of hydrogen-bond donors (Lipinski definition) is 1. The average molecular weight is 235 g/mol. The molecule has 14 heavy (non-hydrogen) atoms. The van der Waals surface area contributed by atoms with Gasteiger partial charge < -0.3 is 5.32 Å². The summed E-state index contributed by atoms with van der Waals surface area (Å²) in [6.45, 7) is 3.80. The van der Waals surface area contributed by atoms with Crippen LogP contribution in [0.15, 0.2) is 0 Å². The van der Waals surface area contributed by atoms with Crippen molar-refractivity contribution in [1.82, 2.24) is 5.32 Å². The number of rotatable bonds is 3. The smallest absolute Gasteiger partial charge is 0.229 e. The second-order valence-corrected chi connectivity index (χ2v) is 5.44. The van der Waals surface area contributed by atoms with Crippen LogP contribution < -0.4 is 5.32 Å². The van der Waals surface area contributed by atoms with Crippen LogP contribution in [0.25, 0.3) is 0 Å². The van der Waals surface area contributed by atoms with E-state index in [1.165, 1.54) is 0 Å². The maximum atomic E-state index is 11.6. The summed E-state index contributed by atoms with van der Waals surface area (Å²) in [7, 11) is 0. The molecule has 0 spiro atoms. The first-order valence-electron chi connectivity index (χ1n) is 4.39. The standard InChI is InChI=1S/C9H12Cl2N2O/c1-6(3-12)4-13-7(14)8(2)5-9(8,10)11/h6H,4-5H2,1-2H3,(H,13,14)/t6-,8-/m1/s1. The molecule has 0 heterocycles. The molecule has 3 nitrogen and oxygen atoms in total. The van der Waals surface area contributed by atoms with Gasteiger partial charge in [-0.2, -0.15) is 5.26 Å². The first-order valence-corrected chi connectivity index (χ1v) is 5.15. The molecule has 0 aromatic carbocycles. The van der Waals surface area contributed by atoms with E-state index < -0.39 is 9.75 Å². The highest BCUT2D eigenvalue weighted by Gasteiger charge is 2.67. The minimum Gasteiger partial charge on any atom is -0.354 e. The lowest BCUT2D eigenvalue weighted by Gasteiger charge is -2.12. The Labute approximate surface area is 93.4 Å². The Hall–Kier alpha value is -0.460.